The Balaban J connectivity index is 0.00000220. The Labute approximate surface area is 147 Å². The Morgan fingerprint density at radius 3 is 2.52 bits per heavy atom. The molecule has 21 heavy (non-hydrogen) atoms. The monoisotopic (exact) mass is 408 g/mol. The number of rotatable bonds is 4. The van der Waals surface area contributed by atoms with Crippen molar-refractivity contribution in [1.29, 1.82) is 0 Å². The van der Waals surface area contributed by atoms with Crippen LogP contribution in [0.25, 0.3) is 0 Å². The van der Waals surface area contributed by atoms with Crippen LogP contribution in [0.1, 0.15) is 46.0 Å². The zero-order valence-corrected chi connectivity index (χ0v) is 16.1. The smallest absolute Gasteiger partial charge is 0.191 e. The molecule has 0 amide bonds. The molecule has 2 N–H and O–H groups in total. The van der Waals surface area contributed by atoms with Crippen LogP contribution in [0, 0.1) is 11.8 Å². The molecule has 2 heterocycles. The van der Waals surface area contributed by atoms with Crippen molar-refractivity contribution in [2.24, 2.45) is 22.6 Å². The van der Waals surface area contributed by atoms with Crippen molar-refractivity contribution < 1.29 is 0 Å². The van der Waals surface area contributed by atoms with Gasteiger partial charge in [-0.3, -0.25) is 4.99 Å². The summed E-state index contributed by atoms with van der Waals surface area (Å²) in [7, 11) is 0. The summed E-state index contributed by atoms with van der Waals surface area (Å²) in [5, 5.41) is 0. The second kappa shape index (κ2) is 9.87. The minimum absolute atomic E-state index is 0. The van der Waals surface area contributed by atoms with Gasteiger partial charge in [-0.15, -0.1) is 24.0 Å². The van der Waals surface area contributed by atoms with Gasteiger partial charge in [0.1, 0.15) is 0 Å². The van der Waals surface area contributed by atoms with Crippen LogP contribution in [-0.4, -0.2) is 55.0 Å². The second-order valence-corrected chi connectivity index (χ2v) is 6.68. The first-order valence-electron chi connectivity index (χ1n) is 8.46. The number of likely N-dealkylation sites (tertiary alicyclic amines) is 2. The maximum absolute atomic E-state index is 6.17. The molecule has 0 aromatic heterocycles. The average molecular weight is 408 g/mol. The van der Waals surface area contributed by atoms with Crippen molar-refractivity contribution in [2.75, 3.05) is 39.3 Å². The van der Waals surface area contributed by atoms with Crippen molar-refractivity contribution in [3.63, 3.8) is 0 Å². The molecule has 1 atom stereocenters. The van der Waals surface area contributed by atoms with Gasteiger partial charge in [-0.1, -0.05) is 13.8 Å². The van der Waals surface area contributed by atoms with Crippen molar-refractivity contribution in [1.82, 2.24) is 9.80 Å². The number of nitrogens with two attached hydrogens (primary N) is 1. The van der Waals surface area contributed by atoms with Crippen LogP contribution in [0.2, 0.25) is 0 Å². The van der Waals surface area contributed by atoms with Crippen LogP contribution in [0.3, 0.4) is 0 Å². The lowest BCUT2D eigenvalue weighted by atomic mass is 9.97. The van der Waals surface area contributed by atoms with E-state index in [1.807, 2.05) is 0 Å². The first-order valence-corrected chi connectivity index (χ1v) is 8.46. The van der Waals surface area contributed by atoms with Crippen molar-refractivity contribution in [3.05, 3.63) is 0 Å². The van der Waals surface area contributed by atoms with E-state index in [1.54, 1.807) is 0 Å². The van der Waals surface area contributed by atoms with E-state index in [0.29, 0.717) is 0 Å². The van der Waals surface area contributed by atoms with Crippen molar-refractivity contribution in [2.45, 2.75) is 46.0 Å². The van der Waals surface area contributed by atoms with E-state index in [1.165, 1.54) is 51.7 Å². The maximum Gasteiger partial charge on any atom is 0.191 e. The Morgan fingerprint density at radius 1 is 1.19 bits per heavy atom. The summed E-state index contributed by atoms with van der Waals surface area (Å²) >= 11 is 0. The van der Waals surface area contributed by atoms with E-state index in [0.717, 1.165) is 37.4 Å². The van der Waals surface area contributed by atoms with Gasteiger partial charge in [-0.2, -0.15) is 0 Å². The summed E-state index contributed by atoms with van der Waals surface area (Å²) in [6.07, 6.45) is 6.43. The first kappa shape index (κ1) is 19.0. The lowest BCUT2D eigenvalue weighted by Crippen LogP contribution is -2.44. The molecule has 0 saturated carbocycles. The normalized spacial score (nSPS) is 25.7. The standard InChI is InChI=1S/C16H32N4.HI/c1-3-8-19-10-6-15(7-11-19)12-18-16(17)20-9-4-5-14(2)13-20;/h14-15H,3-13H2,1-2H3,(H2,17,18);1H. The quantitative estimate of drug-likeness (QED) is 0.442. The van der Waals surface area contributed by atoms with Gasteiger partial charge in [0.05, 0.1) is 0 Å². The molecule has 5 heteroatoms. The average Bonchev–Trinajstić information content (AvgIpc) is 2.46. The van der Waals surface area contributed by atoms with Crippen LogP contribution in [0.4, 0.5) is 0 Å². The zero-order valence-electron chi connectivity index (χ0n) is 13.8. The van der Waals surface area contributed by atoms with Crippen LogP contribution in [0.5, 0.6) is 0 Å². The molecule has 0 radical (unpaired) electrons. The predicted molar refractivity (Wildman–Crippen MR) is 101 cm³/mol. The molecular formula is C16H33IN4. The molecule has 2 aliphatic heterocycles. The molecule has 0 aromatic rings. The van der Waals surface area contributed by atoms with Gasteiger partial charge in [-0.05, 0) is 63.6 Å². The van der Waals surface area contributed by atoms with Gasteiger partial charge in [0.15, 0.2) is 5.96 Å². The van der Waals surface area contributed by atoms with Gasteiger partial charge in [0.25, 0.3) is 0 Å². The van der Waals surface area contributed by atoms with Crippen LogP contribution >= 0.6 is 24.0 Å². The molecule has 1 unspecified atom stereocenters. The highest BCUT2D eigenvalue weighted by Crippen LogP contribution is 2.18. The molecule has 0 aromatic carbocycles. The summed E-state index contributed by atoms with van der Waals surface area (Å²) in [5.74, 6) is 2.28. The van der Waals surface area contributed by atoms with Gasteiger partial charge >= 0.3 is 0 Å². The van der Waals surface area contributed by atoms with E-state index in [2.05, 4.69) is 28.6 Å². The summed E-state index contributed by atoms with van der Waals surface area (Å²) in [5.41, 5.74) is 6.17. The number of hydrogen-bond donors (Lipinski definition) is 1. The minimum atomic E-state index is 0. The fourth-order valence-corrected chi connectivity index (χ4v) is 3.43. The molecule has 2 aliphatic rings. The Hall–Kier alpha value is -0.0400. The van der Waals surface area contributed by atoms with Gasteiger partial charge in [0, 0.05) is 19.6 Å². The van der Waals surface area contributed by atoms with E-state index in [4.69, 9.17) is 5.73 Å². The Morgan fingerprint density at radius 2 is 1.90 bits per heavy atom. The fourth-order valence-electron chi connectivity index (χ4n) is 3.43. The minimum Gasteiger partial charge on any atom is -0.370 e. The molecule has 4 nitrogen and oxygen atoms in total. The van der Waals surface area contributed by atoms with Crippen LogP contribution in [0.15, 0.2) is 4.99 Å². The number of aliphatic imine (C=N–C) groups is 1. The predicted octanol–water partition coefficient (Wildman–Crippen LogP) is 2.77. The van der Waals surface area contributed by atoms with E-state index >= 15 is 0 Å². The molecule has 0 spiro atoms. The first-order chi connectivity index (χ1) is 9.69. The molecule has 2 rings (SSSR count). The number of piperidine rings is 2. The summed E-state index contributed by atoms with van der Waals surface area (Å²) in [6, 6.07) is 0. The molecule has 2 fully saturated rings. The SMILES string of the molecule is CCCN1CCC(CN=C(N)N2CCCC(C)C2)CC1.I. The molecular weight excluding hydrogens is 375 g/mol. The van der Waals surface area contributed by atoms with Crippen LogP contribution in [-0.2, 0) is 0 Å². The molecule has 0 bridgehead atoms. The number of guanidine groups is 1. The Kier molecular flexibility index (Phi) is 8.94. The number of nitrogens with zero attached hydrogens (tertiary/aromatic N) is 3. The third-order valence-electron chi connectivity index (χ3n) is 4.74. The van der Waals surface area contributed by atoms with Gasteiger partial charge in [0.2, 0.25) is 0 Å². The highest BCUT2D eigenvalue weighted by atomic mass is 127. The maximum atomic E-state index is 6.17. The highest BCUT2D eigenvalue weighted by molar-refractivity contribution is 14.0. The third kappa shape index (κ3) is 6.30. The molecule has 124 valence electrons. The lowest BCUT2D eigenvalue weighted by molar-refractivity contribution is 0.187. The van der Waals surface area contributed by atoms with E-state index in [-0.39, 0.29) is 24.0 Å². The topological polar surface area (TPSA) is 44.9 Å². The Bertz CT molecular complexity index is 313. The highest BCUT2D eigenvalue weighted by Gasteiger charge is 2.20. The van der Waals surface area contributed by atoms with E-state index in [9.17, 15) is 0 Å². The second-order valence-electron chi connectivity index (χ2n) is 6.68. The largest absolute Gasteiger partial charge is 0.370 e. The summed E-state index contributed by atoms with van der Waals surface area (Å²) < 4.78 is 0. The molecule has 2 saturated heterocycles. The fraction of sp³-hybridized carbons (Fsp3) is 0.938. The number of hydrogen-bond acceptors (Lipinski definition) is 2. The van der Waals surface area contributed by atoms with Crippen LogP contribution < -0.4 is 5.73 Å². The van der Waals surface area contributed by atoms with Gasteiger partial charge in [-0.25, -0.2) is 0 Å². The third-order valence-corrected chi connectivity index (χ3v) is 4.74. The lowest BCUT2D eigenvalue weighted by Gasteiger charge is -2.33. The van der Waals surface area contributed by atoms with Gasteiger partial charge < -0.3 is 15.5 Å². The summed E-state index contributed by atoms with van der Waals surface area (Å²) in [6.45, 7) is 11.4. The van der Waals surface area contributed by atoms with E-state index < -0.39 is 0 Å². The zero-order chi connectivity index (χ0) is 14.4. The van der Waals surface area contributed by atoms with Crippen molar-refractivity contribution in [3.8, 4) is 0 Å². The van der Waals surface area contributed by atoms with Crippen molar-refractivity contribution >= 4 is 29.9 Å². The number of halogens is 1. The summed E-state index contributed by atoms with van der Waals surface area (Å²) in [4.78, 5) is 9.54. The molecule has 0 aliphatic carbocycles.